The van der Waals surface area contributed by atoms with Gasteiger partial charge in [-0.15, -0.1) is 12.4 Å². The number of phenolic OH excluding ortho intramolecular Hbond substituents is 1. The molecule has 0 saturated carbocycles. The monoisotopic (exact) mass is 506 g/mol. The molecule has 1 N–H and O–H groups in total. The van der Waals surface area contributed by atoms with Crippen molar-refractivity contribution in [2.45, 2.75) is 25.4 Å². The van der Waals surface area contributed by atoms with E-state index in [-0.39, 0.29) is 29.6 Å². The molecule has 0 spiro atoms. The largest absolute Gasteiger partial charge is 0.507 e. The molecule has 0 radical (unpaired) electrons. The van der Waals surface area contributed by atoms with Crippen molar-refractivity contribution in [2.75, 3.05) is 20.2 Å². The van der Waals surface area contributed by atoms with E-state index in [1.54, 1.807) is 31.4 Å². The predicted octanol–water partition coefficient (Wildman–Crippen LogP) is 4.38. The summed E-state index contributed by atoms with van der Waals surface area (Å²) >= 11 is 0. The van der Waals surface area contributed by atoms with Crippen molar-refractivity contribution in [3.05, 3.63) is 92.7 Å². The van der Waals surface area contributed by atoms with Crippen LogP contribution in [0, 0.1) is 5.92 Å². The van der Waals surface area contributed by atoms with Crippen LogP contribution in [-0.4, -0.2) is 34.8 Å². The first-order valence-corrected chi connectivity index (χ1v) is 11.9. The zero-order valence-electron chi connectivity index (χ0n) is 19.8. The molecule has 1 unspecified atom stereocenters. The number of fused-ring (bicyclic) bond motifs is 5. The van der Waals surface area contributed by atoms with Gasteiger partial charge in [0.1, 0.15) is 17.1 Å². The maximum atomic E-state index is 13.0. The van der Waals surface area contributed by atoms with Gasteiger partial charge >= 0.3 is 5.63 Å². The van der Waals surface area contributed by atoms with Crippen molar-refractivity contribution < 1.29 is 14.3 Å². The van der Waals surface area contributed by atoms with Crippen LogP contribution in [-0.2, 0) is 13.1 Å². The minimum atomic E-state index is -0.457. The van der Waals surface area contributed by atoms with Crippen LogP contribution in [0.1, 0.15) is 23.6 Å². The summed E-state index contributed by atoms with van der Waals surface area (Å²) in [5.74, 6) is 1.40. The van der Waals surface area contributed by atoms with E-state index in [1.807, 2.05) is 41.0 Å². The van der Waals surface area contributed by atoms with Crippen molar-refractivity contribution in [2.24, 2.45) is 5.92 Å². The number of likely N-dealkylation sites (tertiary alicyclic amines) is 1. The highest BCUT2D eigenvalue weighted by Crippen LogP contribution is 2.37. The Kier molecular flexibility index (Phi) is 6.36. The van der Waals surface area contributed by atoms with Gasteiger partial charge in [0.25, 0.3) is 5.56 Å². The fraction of sp³-hybridized carbons (Fsp3) is 0.286. The first-order valence-electron chi connectivity index (χ1n) is 11.9. The summed E-state index contributed by atoms with van der Waals surface area (Å²) in [5, 5.41) is 11.5. The normalized spacial score (nSPS) is 18.9. The van der Waals surface area contributed by atoms with Gasteiger partial charge in [0.05, 0.1) is 18.2 Å². The van der Waals surface area contributed by atoms with Gasteiger partial charge < -0.3 is 18.8 Å². The molecule has 2 bridgehead atoms. The van der Waals surface area contributed by atoms with Gasteiger partial charge in [-0.2, -0.15) is 0 Å². The number of nitrogens with zero attached hydrogens (tertiary/aromatic N) is 2. The molecule has 4 aromatic rings. The summed E-state index contributed by atoms with van der Waals surface area (Å²) in [6, 6.07) is 18.0. The Morgan fingerprint density at radius 1 is 1.03 bits per heavy atom. The predicted molar refractivity (Wildman–Crippen MR) is 140 cm³/mol. The molecule has 186 valence electrons. The number of aromatic hydroxyl groups is 1. The summed E-state index contributed by atoms with van der Waals surface area (Å²) in [7, 11) is 1.59. The van der Waals surface area contributed by atoms with Crippen LogP contribution in [0.3, 0.4) is 0 Å². The Hall–Kier alpha value is -3.55. The zero-order chi connectivity index (χ0) is 24.1. The highest BCUT2D eigenvalue weighted by atomic mass is 35.5. The van der Waals surface area contributed by atoms with Crippen LogP contribution in [0.15, 0.2) is 74.7 Å². The zero-order valence-corrected chi connectivity index (χ0v) is 20.7. The van der Waals surface area contributed by atoms with E-state index in [0.29, 0.717) is 47.0 Å². The molecular weight excluding hydrogens is 480 g/mol. The molecule has 6 rings (SSSR count). The molecule has 1 fully saturated rings. The smallest absolute Gasteiger partial charge is 0.344 e. The number of piperidine rings is 1. The first kappa shape index (κ1) is 24.2. The van der Waals surface area contributed by atoms with Crippen molar-refractivity contribution in [3.8, 4) is 22.6 Å². The number of methoxy groups -OCH3 is 1. The third kappa shape index (κ3) is 4.18. The average molecular weight is 507 g/mol. The lowest BCUT2D eigenvalue weighted by atomic mass is 9.83. The fourth-order valence-corrected chi connectivity index (χ4v) is 5.72. The maximum Gasteiger partial charge on any atom is 0.344 e. The van der Waals surface area contributed by atoms with Crippen molar-refractivity contribution in [1.82, 2.24) is 9.47 Å². The van der Waals surface area contributed by atoms with E-state index in [1.165, 1.54) is 0 Å². The number of hydrogen-bond acceptors (Lipinski definition) is 6. The Labute approximate surface area is 214 Å². The minimum Gasteiger partial charge on any atom is -0.507 e. The van der Waals surface area contributed by atoms with Crippen LogP contribution in [0.2, 0.25) is 0 Å². The summed E-state index contributed by atoms with van der Waals surface area (Å²) in [4.78, 5) is 27.6. The third-order valence-electron chi connectivity index (χ3n) is 7.30. The Bertz CT molecular complexity index is 1560. The van der Waals surface area contributed by atoms with Gasteiger partial charge in [-0.05, 0) is 54.3 Å². The van der Waals surface area contributed by atoms with Gasteiger partial charge in [-0.25, -0.2) is 4.79 Å². The summed E-state index contributed by atoms with van der Waals surface area (Å²) in [6.07, 6.45) is 1.06. The van der Waals surface area contributed by atoms with E-state index in [2.05, 4.69) is 4.90 Å². The molecule has 8 heteroatoms. The molecule has 0 aliphatic carbocycles. The number of halogens is 1. The second-order valence-electron chi connectivity index (χ2n) is 9.55. The average Bonchev–Trinajstić information content (AvgIpc) is 2.86. The lowest BCUT2D eigenvalue weighted by Gasteiger charge is -2.42. The van der Waals surface area contributed by atoms with Crippen LogP contribution < -0.4 is 15.9 Å². The standard InChI is InChI=1S/C28H26N2O5.ClH/c1-34-21-5-2-4-18(11-21)22-12-19-8-9-25(31)23(27(19)35-28(22)33)16-29-13-17-10-20(15-29)24-6-3-7-26(32)30(24)14-17;/h2-9,11-12,17,20,31H,10,13-16H2,1H3;1H/t17-,20?;/m1./s1. The highest BCUT2D eigenvalue weighted by Gasteiger charge is 2.35. The van der Waals surface area contributed by atoms with E-state index in [0.717, 1.165) is 30.6 Å². The molecule has 2 aromatic heterocycles. The van der Waals surface area contributed by atoms with Crippen LogP contribution in [0.5, 0.6) is 11.5 Å². The SMILES string of the molecule is COc1cccc(-c2cc3ccc(O)c(CN4CC5C[C@H](C4)Cn4c5cccc4=O)c3oc2=O)c1.Cl. The third-order valence-corrected chi connectivity index (χ3v) is 7.30. The van der Waals surface area contributed by atoms with Crippen LogP contribution >= 0.6 is 12.4 Å². The van der Waals surface area contributed by atoms with Gasteiger partial charge in [0.15, 0.2) is 0 Å². The highest BCUT2D eigenvalue weighted by molar-refractivity contribution is 5.86. The summed E-state index contributed by atoms with van der Waals surface area (Å²) in [6.45, 7) is 2.78. The van der Waals surface area contributed by atoms with Crippen LogP contribution in [0.4, 0.5) is 0 Å². The van der Waals surface area contributed by atoms with Gasteiger partial charge in [0.2, 0.25) is 0 Å². The second-order valence-corrected chi connectivity index (χ2v) is 9.55. The number of rotatable bonds is 4. The quantitative estimate of drug-likeness (QED) is 0.414. The summed E-state index contributed by atoms with van der Waals surface area (Å²) in [5.41, 5.74) is 2.87. The number of aromatic nitrogens is 1. The molecule has 7 nitrogen and oxygen atoms in total. The number of pyridine rings is 1. The minimum absolute atomic E-state index is 0. The van der Waals surface area contributed by atoms with Crippen molar-refractivity contribution >= 4 is 23.4 Å². The first-order chi connectivity index (χ1) is 17.0. The van der Waals surface area contributed by atoms with E-state index in [4.69, 9.17) is 9.15 Å². The van der Waals surface area contributed by atoms with Gasteiger partial charge in [0, 0.05) is 49.2 Å². The fourth-order valence-electron chi connectivity index (χ4n) is 5.72. The van der Waals surface area contributed by atoms with E-state index < -0.39 is 5.63 Å². The molecule has 2 aliphatic rings. The number of phenols is 1. The Balaban J connectivity index is 0.00000267. The number of benzene rings is 2. The van der Waals surface area contributed by atoms with Crippen molar-refractivity contribution in [3.63, 3.8) is 0 Å². The lowest BCUT2D eigenvalue weighted by molar-refractivity contribution is 0.113. The van der Waals surface area contributed by atoms with E-state index >= 15 is 0 Å². The van der Waals surface area contributed by atoms with Gasteiger partial charge in [-0.1, -0.05) is 18.2 Å². The van der Waals surface area contributed by atoms with Gasteiger partial charge in [-0.3, -0.25) is 9.69 Å². The molecule has 1 saturated heterocycles. The van der Waals surface area contributed by atoms with Crippen molar-refractivity contribution in [1.29, 1.82) is 0 Å². The molecule has 4 heterocycles. The molecular formula is C28H27ClN2O5. The molecule has 2 atom stereocenters. The Morgan fingerprint density at radius 2 is 1.86 bits per heavy atom. The summed E-state index contributed by atoms with van der Waals surface area (Å²) < 4.78 is 13.0. The number of hydrogen-bond donors (Lipinski definition) is 1. The topological polar surface area (TPSA) is 84.9 Å². The van der Waals surface area contributed by atoms with Crippen LogP contribution in [0.25, 0.3) is 22.1 Å². The molecule has 2 aliphatic heterocycles. The van der Waals surface area contributed by atoms with E-state index in [9.17, 15) is 14.7 Å². The number of ether oxygens (including phenoxy) is 1. The second kappa shape index (κ2) is 9.48. The Morgan fingerprint density at radius 3 is 2.69 bits per heavy atom. The molecule has 36 heavy (non-hydrogen) atoms. The maximum absolute atomic E-state index is 13.0. The molecule has 0 amide bonds. The lowest BCUT2D eigenvalue weighted by Crippen LogP contribution is -2.46. The molecule has 2 aromatic carbocycles.